The Bertz CT molecular complexity index is 818. The lowest BCUT2D eigenvalue weighted by atomic mass is 10.1. The molecule has 0 atom stereocenters. The van der Waals surface area contributed by atoms with Crippen LogP contribution >= 0.6 is 0 Å². The molecule has 23 heavy (non-hydrogen) atoms. The number of carbonyl (C=O) groups is 1. The molecule has 0 aliphatic heterocycles. The van der Waals surface area contributed by atoms with E-state index in [9.17, 15) is 4.79 Å². The van der Waals surface area contributed by atoms with Crippen molar-refractivity contribution in [1.82, 2.24) is 9.97 Å². The van der Waals surface area contributed by atoms with Gasteiger partial charge in [0.2, 0.25) is 11.9 Å². The number of amides is 1. The van der Waals surface area contributed by atoms with Crippen LogP contribution in [0.25, 0.3) is 11.3 Å². The van der Waals surface area contributed by atoms with E-state index in [1.165, 1.54) is 0 Å². The van der Waals surface area contributed by atoms with Crippen molar-refractivity contribution in [3.63, 3.8) is 0 Å². The Hall–Kier alpha value is -3.21. The summed E-state index contributed by atoms with van der Waals surface area (Å²) < 4.78 is 0. The van der Waals surface area contributed by atoms with Crippen LogP contribution in [0.1, 0.15) is 15.9 Å². The molecule has 2 aromatic carbocycles. The molecule has 1 heterocycles. The molecule has 0 radical (unpaired) electrons. The highest BCUT2D eigenvalue weighted by Crippen LogP contribution is 2.17. The molecular formula is C18H16N4O. The Labute approximate surface area is 134 Å². The van der Waals surface area contributed by atoms with Crippen molar-refractivity contribution in [2.24, 2.45) is 5.73 Å². The predicted octanol–water partition coefficient (Wildman–Crippen LogP) is 2.85. The number of benzene rings is 2. The van der Waals surface area contributed by atoms with E-state index in [4.69, 9.17) is 5.73 Å². The number of nitrogens with zero attached hydrogens (tertiary/aromatic N) is 2. The van der Waals surface area contributed by atoms with Gasteiger partial charge < -0.3 is 11.1 Å². The minimum atomic E-state index is -0.436. The maximum atomic E-state index is 11.2. The third kappa shape index (κ3) is 3.71. The molecule has 3 aromatic rings. The highest BCUT2D eigenvalue weighted by atomic mass is 16.1. The third-order valence-electron chi connectivity index (χ3n) is 3.39. The van der Waals surface area contributed by atoms with E-state index in [-0.39, 0.29) is 0 Å². The molecule has 0 saturated heterocycles. The van der Waals surface area contributed by atoms with Crippen LogP contribution in [-0.2, 0) is 6.54 Å². The summed E-state index contributed by atoms with van der Waals surface area (Å²) in [5.74, 6) is 0.102. The van der Waals surface area contributed by atoms with Crippen LogP contribution in [0.15, 0.2) is 66.9 Å². The van der Waals surface area contributed by atoms with Crippen molar-refractivity contribution in [1.29, 1.82) is 0 Å². The maximum absolute atomic E-state index is 11.2. The molecule has 0 unspecified atom stereocenters. The van der Waals surface area contributed by atoms with Gasteiger partial charge in [0.05, 0.1) is 5.69 Å². The van der Waals surface area contributed by atoms with Crippen molar-refractivity contribution in [3.05, 3.63) is 78.0 Å². The summed E-state index contributed by atoms with van der Waals surface area (Å²) in [5, 5.41) is 3.16. The molecule has 3 rings (SSSR count). The van der Waals surface area contributed by atoms with Gasteiger partial charge in [-0.15, -0.1) is 0 Å². The van der Waals surface area contributed by atoms with Crippen LogP contribution in [0.2, 0.25) is 0 Å². The first-order chi connectivity index (χ1) is 11.2. The number of anilines is 1. The Morgan fingerprint density at radius 1 is 1.04 bits per heavy atom. The van der Waals surface area contributed by atoms with Gasteiger partial charge in [0, 0.05) is 23.9 Å². The number of primary amides is 1. The monoisotopic (exact) mass is 304 g/mol. The second kappa shape index (κ2) is 6.70. The highest BCUT2D eigenvalue weighted by molar-refractivity contribution is 5.92. The zero-order valence-corrected chi connectivity index (χ0v) is 12.4. The molecule has 1 aromatic heterocycles. The lowest BCUT2D eigenvalue weighted by molar-refractivity contribution is 0.1000. The number of rotatable bonds is 5. The van der Waals surface area contributed by atoms with E-state index in [1.54, 1.807) is 24.4 Å². The molecule has 3 N–H and O–H groups in total. The lowest BCUT2D eigenvalue weighted by Gasteiger charge is -2.07. The van der Waals surface area contributed by atoms with E-state index in [2.05, 4.69) is 15.3 Å². The van der Waals surface area contributed by atoms with E-state index < -0.39 is 5.91 Å². The fourth-order valence-electron chi connectivity index (χ4n) is 2.23. The van der Waals surface area contributed by atoms with Gasteiger partial charge in [0.1, 0.15) is 0 Å². The normalized spacial score (nSPS) is 10.3. The molecule has 114 valence electrons. The van der Waals surface area contributed by atoms with Gasteiger partial charge in [-0.05, 0) is 23.8 Å². The van der Waals surface area contributed by atoms with Crippen LogP contribution in [-0.4, -0.2) is 15.9 Å². The predicted molar refractivity (Wildman–Crippen MR) is 89.8 cm³/mol. The molecular weight excluding hydrogens is 288 g/mol. The number of carbonyl (C=O) groups excluding carboxylic acids is 1. The number of hydrogen-bond acceptors (Lipinski definition) is 4. The molecule has 0 saturated carbocycles. The topological polar surface area (TPSA) is 80.9 Å². The fourth-order valence-corrected chi connectivity index (χ4v) is 2.23. The van der Waals surface area contributed by atoms with Gasteiger partial charge in [-0.25, -0.2) is 9.97 Å². The first-order valence-corrected chi connectivity index (χ1v) is 7.23. The lowest BCUT2D eigenvalue weighted by Crippen LogP contribution is -2.11. The summed E-state index contributed by atoms with van der Waals surface area (Å²) in [6.45, 7) is 0.513. The van der Waals surface area contributed by atoms with Crippen LogP contribution in [0, 0.1) is 0 Å². The second-order valence-electron chi connectivity index (χ2n) is 5.05. The van der Waals surface area contributed by atoms with Gasteiger partial charge in [-0.1, -0.05) is 42.5 Å². The van der Waals surface area contributed by atoms with Gasteiger partial charge in [0.25, 0.3) is 0 Å². The van der Waals surface area contributed by atoms with Crippen molar-refractivity contribution in [2.45, 2.75) is 6.54 Å². The summed E-state index contributed by atoms with van der Waals surface area (Å²) in [6, 6.07) is 19.0. The Morgan fingerprint density at radius 2 is 1.87 bits per heavy atom. The van der Waals surface area contributed by atoms with E-state index in [0.29, 0.717) is 18.1 Å². The zero-order valence-electron chi connectivity index (χ0n) is 12.4. The van der Waals surface area contributed by atoms with Crippen molar-refractivity contribution < 1.29 is 4.79 Å². The Balaban J connectivity index is 1.74. The second-order valence-corrected chi connectivity index (χ2v) is 5.05. The smallest absolute Gasteiger partial charge is 0.248 e. The summed E-state index contributed by atoms with van der Waals surface area (Å²) in [5.41, 5.74) is 8.61. The first-order valence-electron chi connectivity index (χ1n) is 7.23. The molecule has 5 heteroatoms. The molecule has 5 nitrogen and oxygen atoms in total. The molecule has 0 bridgehead atoms. The minimum absolute atomic E-state index is 0.436. The standard InChI is InChI=1S/C18H16N4O/c19-17(23)15-8-4-5-13(11-15)12-21-18-20-10-9-16(22-18)14-6-2-1-3-7-14/h1-11H,12H2,(H2,19,23)(H,20,21,22). The molecule has 0 aliphatic rings. The zero-order chi connectivity index (χ0) is 16.1. The summed E-state index contributed by atoms with van der Waals surface area (Å²) in [6.07, 6.45) is 1.72. The van der Waals surface area contributed by atoms with Gasteiger partial charge in [-0.3, -0.25) is 4.79 Å². The van der Waals surface area contributed by atoms with Crippen molar-refractivity contribution >= 4 is 11.9 Å². The van der Waals surface area contributed by atoms with Gasteiger partial charge >= 0.3 is 0 Å². The molecule has 1 amide bonds. The van der Waals surface area contributed by atoms with Crippen LogP contribution in [0.4, 0.5) is 5.95 Å². The number of aromatic nitrogens is 2. The quantitative estimate of drug-likeness (QED) is 0.759. The highest BCUT2D eigenvalue weighted by Gasteiger charge is 2.04. The van der Waals surface area contributed by atoms with E-state index in [1.807, 2.05) is 42.5 Å². The van der Waals surface area contributed by atoms with Gasteiger partial charge in [-0.2, -0.15) is 0 Å². The first kappa shape index (κ1) is 14.7. The van der Waals surface area contributed by atoms with Crippen molar-refractivity contribution in [2.75, 3.05) is 5.32 Å². The summed E-state index contributed by atoms with van der Waals surface area (Å²) in [7, 11) is 0. The molecule has 0 aliphatic carbocycles. The van der Waals surface area contributed by atoms with Crippen LogP contribution < -0.4 is 11.1 Å². The average molecular weight is 304 g/mol. The average Bonchev–Trinajstić information content (AvgIpc) is 2.61. The maximum Gasteiger partial charge on any atom is 0.248 e. The van der Waals surface area contributed by atoms with E-state index in [0.717, 1.165) is 16.8 Å². The third-order valence-corrected chi connectivity index (χ3v) is 3.39. The Morgan fingerprint density at radius 3 is 2.65 bits per heavy atom. The fraction of sp³-hybridized carbons (Fsp3) is 0.0556. The van der Waals surface area contributed by atoms with Crippen LogP contribution in [0.3, 0.4) is 0 Å². The van der Waals surface area contributed by atoms with Gasteiger partial charge in [0.15, 0.2) is 0 Å². The van der Waals surface area contributed by atoms with Crippen molar-refractivity contribution in [3.8, 4) is 11.3 Å². The molecule has 0 fully saturated rings. The summed E-state index contributed by atoms with van der Waals surface area (Å²) >= 11 is 0. The summed E-state index contributed by atoms with van der Waals surface area (Å²) in [4.78, 5) is 19.9. The van der Waals surface area contributed by atoms with Crippen LogP contribution in [0.5, 0.6) is 0 Å². The largest absolute Gasteiger partial charge is 0.366 e. The SMILES string of the molecule is NC(=O)c1cccc(CNc2nccc(-c3ccccc3)n2)c1. The number of nitrogens with two attached hydrogens (primary N) is 1. The minimum Gasteiger partial charge on any atom is -0.366 e. The number of nitrogens with one attached hydrogen (secondary N) is 1. The molecule has 0 spiro atoms. The van der Waals surface area contributed by atoms with E-state index >= 15 is 0 Å². The Kier molecular flexibility index (Phi) is 4.29. The number of hydrogen-bond donors (Lipinski definition) is 2.